The Kier molecular flexibility index (Phi) is 2.10. The molecule has 1 aliphatic heterocycles. The highest BCUT2D eigenvalue weighted by atomic mass is 32.2. The van der Waals surface area contributed by atoms with Crippen LogP contribution in [0.1, 0.15) is 16.8 Å². The Morgan fingerprint density at radius 1 is 0.800 bits per heavy atom. The second kappa shape index (κ2) is 6.00. The van der Waals surface area contributed by atoms with Crippen LogP contribution < -0.4 is 0 Å². The van der Waals surface area contributed by atoms with Crippen molar-refractivity contribution in [1.29, 1.82) is 0 Å². The summed E-state index contributed by atoms with van der Waals surface area (Å²) in [5.74, 6) is 1.57. The van der Waals surface area contributed by atoms with Crippen LogP contribution >= 0.6 is 11.8 Å². The number of rotatable bonds is 1. The third-order valence-corrected chi connectivity index (χ3v) is 6.52. The minimum Gasteiger partial charge on any atom is -0.309 e. The molecule has 0 aliphatic carbocycles. The summed E-state index contributed by atoms with van der Waals surface area (Å²) in [7, 11) is 0. The van der Waals surface area contributed by atoms with Gasteiger partial charge in [0.15, 0.2) is 0 Å². The van der Waals surface area contributed by atoms with Crippen molar-refractivity contribution in [3.63, 3.8) is 0 Å². The third kappa shape index (κ3) is 2.14. The lowest BCUT2D eigenvalue weighted by atomic mass is 10.2. The number of hydrogen-bond acceptors (Lipinski definition) is 2. The number of aromatic nitrogens is 3. The van der Waals surface area contributed by atoms with Crippen LogP contribution in [0.5, 0.6) is 0 Å². The summed E-state index contributed by atoms with van der Waals surface area (Å²) in [6.45, 7) is 0. The zero-order chi connectivity index (χ0) is 26.6. The Morgan fingerprint density at radius 2 is 1.53 bits per heavy atom. The van der Waals surface area contributed by atoms with Crippen molar-refractivity contribution in [1.82, 2.24) is 14.1 Å². The molecular weight excluding hydrogens is 386 g/mol. The first-order chi connectivity index (χ1) is 18.2. The zero-order valence-electron chi connectivity index (χ0n) is 23.5. The molecule has 7 rings (SSSR count). The number of para-hydroxylation sites is 4. The number of hydrogen-bond donors (Lipinski definition) is 0. The fourth-order valence-electron chi connectivity index (χ4n) is 4.20. The van der Waals surface area contributed by atoms with Gasteiger partial charge in [0.25, 0.3) is 0 Å². The lowest BCUT2D eigenvalue weighted by Crippen LogP contribution is -2.07. The molecule has 1 aliphatic rings. The van der Waals surface area contributed by atoms with E-state index in [1.165, 1.54) is 0 Å². The van der Waals surface area contributed by atoms with E-state index in [9.17, 15) is 0 Å². The largest absolute Gasteiger partial charge is 0.309 e. The molecule has 0 saturated carbocycles. The van der Waals surface area contributed by atoms with Gasteiger partial charge in [-0.05, 0) is 42.4 Å². The molecule has 3 nitrogen and oxygen atoms in total. The van der Waals surface area contributed by atoms with Crippen LogP contribution in [0.2, 0.25) is 0 Å². The lowest BCUT2D eigenvalue weighted by Gasteiger charge is -2.20. The van der Waals surface area contributed by atoms with Crippen LogP contribution in [-0.2, 0) is 5.75 Å². The molecule has 0 atom stereocenters. The summed E-state index contributed by atoms with van der Waals surface area (Å²) in [5.41, 5.74) is 3.38. The summed E-state index contributed by atoms with van der Waals surface area (Å²) < 4.78 is 71.4. The first-order valence-corrected chi connectivity index (χ1v) is 10.4. The highest BCUT2D eigenvalue weighted by Gasteiger charge is 2.22. The van der Waals surface area contributed by atoms with E-state index in [0.717, 1.165) is 27.4 Å². The van der Waals surface area contributed by atoms with Gasteiger partial charge in [-0.2, -0.15) is 0 Å². The molecular formula is C26H17N3S. The third-order valence-electron chi connectivity index (χ3n) is 5.46. The molecule has 0 spiro atoms. The van der Waals surface area contributed by atoms with Crippen molar-refractivity contribution in [3.8, 4) is 11.4 Å². The van der Waals surface area contributed by atoms with Gasteiger partial charge in [0, 0.05) is 21.4 Å². The predicted octanol–water partition coefficient (Wildman–Crippen LogP) is 6.73. The standard InChI is InChI=1S/C26H17N3S/c1-4-10-21-18(7-1)19-8-2-5-11-22(19)28(21)17-13-14-25-24(15-17)29-23-12-6-3-9-20(23)27-26(29)16-30-25/h1-15H,16H2/i1D,2D,4D,5D,7D,8D,10D,11D. The first-order valence-electron chi connectivity index (χ1n) is 13.5. The monoisotopic (exact) mass is 411 g/mol. The van der Waals surface area contributed by atoms with Crippen molar-refractivity contribution in [2.24, 2.45) is 0 Å². The maximum absolute atomic E-state index is 8.74. The average Bonchev–Trinajstić information content (AvgIpc) is 3.49. The Bertz CT molecular complexity index is 1950. The van der Waals surface area contributed by atoms with Crippen molar-refractivity contribution < 1.29 is 11.0 Å². The number of imidazole rings is 1. The quantitative estimate of drug-likeness (QED) is 0.299. The van der Waals surface area contributed by atoms with Crippen LogP contribution in [-0.4, -0.2) is 14.1 Å². The summed E-state index contributed by atoms with van der Waals surface area (Å²) >= 11 is 1.64. The predicted molar refractivity (Wildman–Crippen MR) is 125 cm³/mol. The van der Waals surface area contributed by atoms with Crippen molar-refractivity contribution in [2.45, 2.75) is 10.6 Å². The zero-order valence-corrected chi connectivity index (χ0v) is 16.3. The number of benzene rings is 4. The van der Waals surface area contributed by atoms with Gasteiger partial charge in [-0.3, -0.25) is 4.57 Å². The topological polar surface area (TPSA) is 22.8 Å². The molecule has 0 radical (unpaired) electrons. The van der Waals surface area contributed by atoms with Gasteiger partial charge in [-0.15, -0.1) is 11.8 Å². The van der Waals surface area contributed by atoms with E-state index in [-0.39, 0.29) is 46.0 Å². The van der Waals surface area contributed by atoms with E-state index in [1.54, 1.807) is 16.3 Å². The summed E-state index contributed by atoms with van der Waals surface area (Å²) in [6, 6.07) is 10.4. The molecule has 30 heavy (non-hydrogen) atoms. The van der Waals surface area contributed by atoms with Gasteiger partial charge in [0.05, 0.1) is 44.5 Å². The molecule has 0 saturated heterocycles. The van der Waals surface area contributed by atoms with Gasteiger partial charge in [-0.25, -0.2) is 4.98 Å². The van der Waals surface area contributed by atoms with Crippen LogP contribution in [0.3, 0.4) is 0 Å². The fourth-order valence-corrected chi connectivity index (χ4v) is 5.15. The molecule has 2 aromatic heterocycles. The van der Waals surface area contributed by atoms with Crippen molar-refractivity contribution in [2.75, 3.05) is 0 Å². The van der Waals surface area contributed by atoms with E-state index in [4.69, 9.17) is 16.0 Å². The van der Waals surface area contributed by atoms with Gasteiger partial charge in [0.2, 0.25) is 0 Å². The molecule has 0 amide bonds. The Labute approximate surface area is 188 Å². The van der Waals surface area contributed by atoms with Gasteiger partial charge in [0.1, 0.15) is 5.82 Å². The average molecular weight is 412 g/mol. The number of nitrogens with zero attached hydrogens (tertiary/aromatic N) is 3. The smallest absolute Gasteiger partial charge is 0.124 e. The maximum Gasteiger partial charge on any atom is 0.124 e. The SMILES string of the molecule is [2H]c1c([2H])c([2H])c2c(c1[2H])c1c([2H])c([2H])c([2H])c([2H])c1n2-c1ccc2c(c1)-n1c(nc3ccccc31)CS2. The normalized spacial score (nSPS) is 16.8. The number of thioether (sulfide) groups is 1. The maximum atomic E-state index is 8.74. The minimum atomic E-state index is -0.453. The summed E-state index contributed by atoms with van der Waals surface area (Å²) in [5, 5.41) is 0.137. The van der Waals surface area contributed by atoms with Gasteiger partial charge in [-0.1, -0.05) is 48.4 Å². The van der Waals surface area contributed by atoms with Gasteiger partial charge >= 0.3 is 0 Å². The molecule has 142 valence electrons. The van der Waals surface area contributed by atoms with E-state index in [0.29, 0.717) is 11.4 Å². The molecule has 6 aromatic rings. The van der Waals surface area contributed by atoms with Crippen LogP contribution in [0, 0.1) is 0 Å². The van der Waals surface area contributed by atoms with E-state index >= 15 is 0 Å². The molecule has 3 heterocycles. The van der Waals surface area contributed by atoms with Crippen LogP contribution in [0.25, 0.3) is 44.2 Å². The second-order valence-electron chi connectivity index (χ2n) is 7.08. The van der Waals surface area contributed by atoms with E-state index in [2.05, 4.69) is 4.57 Å². The molecule has 0 fully saturated rings. The van der Waals surface area contributed by atoms with Crippen LogP contribution in [0.15, 0.2) is 95.7 Å². The molecule has 4 aromatic carbocycles. The van der Waals surface area contributed by atoms with Crippen molar-refractivity contribution >= 4 is 44.6 Å². The minimum absolute atomic E-state index is 0.0684. The van der Waals surface area contributed by atoms with E-state index in [1.807, 2.05) is 42.5 Å². The Balaban J connectivity index is 1.66. The second-order valence-corrected chi connectivity index (χ2v) is 8.09. The molecule has 4 heteroatoms. The van der Waals surface area contributed by atoms with Gasteiger partial charge < -0.3 is 4.57 Å². The highest BCUT2D eigenvalue weighted by molar-refractivity contribution is 7.98. The molecule has 0 unspecified atom stereocenters. The van der Waals surface area contributed by atoms with Crippen molar-refractivity contribution in [3.05, 3.63) is 96.6 Å². The van der Waals surface area contributed by atoms with E-state index < -0.39 is 24.2 Å². The summed E-state index contributed by atoms with van der Waals surface area (Å²) in [6.07, 6.45) is 0. The summed E-state index contributed by atoms with van der Waals surface area (Å²) in [4.78, 5) is 5.78. The highest BCUT2D eigenvalue weighted by Crippen LogP contribution is 2.40. The first kappa shape index (κ1) is 10.5. The fraction of sp³-hybridized carbons (Fsp3) is 0.0385. The Hall–Kier alpha value is -3.50. The molecule has 0 bridgehead atoms. The lowest BCUT2D eigenvalue weighted by molar-refractivity contribution is 0.941. The Morgan fingerprint density at radius 3 is 2.33 bits per heavy atom. The molecule has 0 N–H and O–H groups in total. The van der Waals surface area contributed by atoms with Crippen LogP contribution in [0.4, 0.5) is 0 Å². The number of fused-ring (bicyclic) bond motifs is 8.